The normalized spacial score (nSPS) is 15.3. The van der Waals surface area contributed by atoms with Gasteiger partial charge in [0.1, 0.15) is 12.4 Å². The summed E-state index contributed by atoms with van der Waals surface area (Å²) in [6, 6.07) is 5.90. The van der Waals surface area contributed by atoms with Crippen LogP contribution in [-0.4, -0.2) is 24.1 Å². The minimum Gasteiger partial charge on any atom is -0.480 e. The zero-order valence-electron chi connectivity index (χ0n) is 15.3. The van der Waals surface area contributed by atoms with Gasteiger partial charge >= 0.3 is 12.1 Å². The van der Waals surface area contributed by atoms with Crippen molar-refractivity contribution in [3.05, 3.63) is 70.0 Å². The first-order valence-corrected chi connectivity index (χ1v) is 10.1. The highest BCUT2D eigenvalue weighted by molar-refractivity contribution is 7.95. The first kappa shape index (κ1) is 20.1. The maximum absolute atomic E-state index is 14.0. The smallest absolute Gasteiger partial charge is 0.416 e. The average Bonchev–Trinajstić information content (AvgIpc) is 3.04. The van der Waals surface area contributed by atoms with Crippen LogP contribution >= 0.6 is 0 Å². The third kappa shape index (κ3) is 3.07. The van der Waals surface area contributed by atoms with Gasteiger partial charge in [0, 0.05) is 38.7 Å². The number of benzene rings is 2. The summed E-state index contributed by atoms with van der Waals surface area (Å²) < 4.78 is 80.1. The Morgan fingerprint density at radius 2 is 1.83 bits per heavy atom. The van der Waals surface area contributed by atoms with Crippen LogP contribution in [0.4, 0.5) is 17.6 Å². The molecule has 4 rings (SSSR count). The Balaban J connectivity index is 2.07. The zero-order valence-corrected chi connectivity index (χ0v) is 16.1. The molecule has 1 aromatic heterocycles. The second kappa shape index (κ2) is 6.43. The third-order valence-corrected chi connectivity index (χ3v) is 6.54. The van der Waals surface area contributed by atoms with Crippen LogP contribution in [0.2, 0.25) is 0 Å². The molecule has 0 amide bonds. The van der Waals surface area contributed by atoms with Crippen LogP contribution in [0.5, 0.6) is 0 Å². The molecule has 0 saturated heterocycles. The molecule has 0 spiro atoms. The van der Waals surface area contributed by atoms with Crippen LogP contribution in [0.1, 0.15) is 22.4 Å². The lowest BCUT2D eigenvalue weighted by molar-refractivity contribution is -0.138. The lowest BCUT2D eigenvalue weighted by Gasteiger charge is -2.11. The molecule has 0 aliphatic carbocycles. The number of hydrogen-bond acceptors (Lipinski definition) is 3. The summed E-state index contributed by atoms with van der Waals surface area (Å²) in [6.45, 7) is 1.03. The van der Waals surface area contributed by atoms with E-state index in [-0.39, 0.29) is 27.0 Å². The van der Waals surface area contributed by atoms with Crippen LogP contribution < -0.4 is 0 Å². The molecule has 2 aromatic carbocycles. The maximum Gasteiger partial charge on any atom is 0.416 e. The number of halogens is 4. The molecule has 1 aliphatic heterocycles. The quantitative estimate of drug-likeness (QED) is 0.615. The summed E-state index contributed by atoms with van der Waals surface area (Å²) in [5.41, 5.74) is -0.426. The molecule has 0 bridgehead atoms. The SMILES string of the molecule is Cc1c(C2=CS(=O)(=O)c3ccc(C(F)(F)F)cc32)c2cc(F)ccc2n1CC(=O)O. The molecular formula is C20H13F4NO4S. The number of carboxylic acids is 1. The first-order valence-electron chi connectivity index (χ1n) is 8.59. The number of rotatable bonds is 3. The number of aromatic nitrogens is 1. The fourth-order valence-electron chi connectivity index (χ4n) is 3.77. The molecule has 0 unspecified atom stereocenters. The minimum atomic E-state index is -4.69. The Bertz CT molecular complexity index is 1370. The van der Waals surface area contributed by atoms with E-state index in [0.717, 1.165) is 29.7 Å². The molecule has 1 aliphatic rings. The molecule has 3 aromatic rings. The zero-order chi connectivity index (χ0) is 22.0. The number of carboxylic acid groups (broad SMARTS) is 1. The van der Waals surface area contributed by atoms with Gasteiger partial charge < -0.3 is 9.67 Å². The van der Waals surface area contributed by atoms with Gasteiger partial charge in [-0.05, 0) is 43.3 Å². The van der Waals surface area contributed by atoms with Crippen molar-refractivity contribution >= 4 is 32.3 Å². The van der Waals surface area contributed by atoms with Gasteiger partial charge in [0.05, 0.1) is 10.5 Å². The van der Waals surface area contributed by atoms with E-state index in [2.05, 4.69) is 0 Å². The summed E-state index contributed by atoms with van der Waals surface area (Å²) in [4.78, 5) is 11.0. The molecule has 1 N–H and O–H groups in total. The van der Waals surface area contributed by atoms with Gasteiger partial charge in [0.15, 0.2) is 0 Å². The van der Waals surface area contributed by atoms with Crippen molar-refractivity contribution in [2.75, 3.05) is 0 Å². The monoisotopic (exact) mass is 439 g/mol. The molecule has 2 heterocycles. The number of aliphatic carboxylic acids is 1. The predicted octanol–water partition coefficient (Wildman–Crippen LogP) is 4.37. The van der Waals surface area contributed by atoms with Gasteiger partial charge in [-0.1, -0.05) is 0 Å². The highest BCUT2D eigenvalue weighted by Crippen LogP contribution is 2.44. The molecule has 0 radical (unpaired) electrons. The van der Waals surface area contributed by atoms with Gasteiger partial charge in [0.2, 0.25) is 9.84 Å². The van der Waals surface area contributed by atoms with Gasteiger partial charge in [-0.2, -0.15) is 13.2 Å². The van der Waals surface area contributed by atoms with Gasteiger partial charge in [-0.3, -0.25) is 4.79 Å². The topological polar surface area (TPSA) is 76.4 Å². The number of sulfone groups is 1. The summed E-state index contributed by atoms with van der Waals surface area (Å²) in [5, 5.41) is 10.3. The van der Waals surface area contributed by atoms with Gasteiger partial charge in [-0.15, -0.1) is 0 Å². The summed E-state index contributed by atoms with van der Waals surface area (Å²) in [5.74, 6) is -1.83. The van der Waals surface area contributed by atoms with Gasteiger partial charge in [-0.25, -0.2) is 12.8 Å². The molecule has 156 valence electrons. The van der Waals surface area contributed by atoms with Crippen LogP contribution in [-0.2, 0) is 27.4 Å². The Morgan fingerprint density at radius 1 is 1.13 bits per heavy atom. The predicted molar refractivity (Wildman–Crippen MR) is 100.0 cm³/mol. The molecular weight excluding hydrogens is 426 g/mol. The van der Waals surface area contributed by atoms with Crippen molar-refractivity contribution in [2.24, 2.45) is 0 Å². The fraction of sp³-hybridized carbons (Fsp3) is 0.150. The summed E-state index contributed by atoms with van der Waals surface area (Å²) >= 11 is 0. The number of fused-ring (bicyclic) bond motifs is 2. The van der Waals surface area contributed by atoms with Gasteiger partial charge in [0.25, 0.3) is 0 Å². The van der Waals surface area contributed by atoms with Crippen LogP contribution in [0, 0.1) is 12.7 Å². The highest BCUT2D eigenvalue weighted by atomic mass is 32.2. The standard InChI is InChI=1S/C20H13F4NO4S/c1-10-19(14-7-12(21)3-4-16(14)25(10)8-18(26)27)15-9-30(28,29)17-5-2-11(6-13(15)17)20(22,23)24/h2-7,9H,8H2,1H3,(H,26,27). The number of hydrogen-bond donors (Lipinski definition) is 1. The van der Waals surface area contributed by atoms with Crippen molar-refractivity contribution in [1.29, 1.82) is 0 Å². The maximum atomic E-state index is 14.0. The molecule has 0 saturated carbocycles. The second-order valence-corrected chi connectivity index (χ2v) is 8.65. The number of nitrogens with zero attached hydrogens (tertiary/aromatic N) is 1. The fourth-order valence-corrected chi connectivity index (χ4v) is 5.19. The lowest BCUT2D eigenvalue weighted by atomic mass is 9.95. The van der Waals surface area contributed by atoms with Crippen LogP contribution in [0.15, 0.2) is 46.7 Å². The molecule has 0 fully saturated rings. The van der Waals surface area contributed by atoms with E-state index < -0.39 is 39.9 Å². The second-order valence-electron chi connectivity index (χ2n) is 6.89. The van der Waals surface area contributed by atoms with Crippen LogP contribution in [0.25, 0.3) is 16.5 Å². The van der Waals surface area contributed by atoms with E-state index in [1.54, 1.807) is 0 Å². The van der Waals surface area contributed by atoms with Crippen molar-refractivity contribution in [3.8, 4) is 0 Å². The van der Waals surface area contributed by atoms with Crippen LogP contribution in [0.3, 0.4) is 0 Å². The largest absolute Gasteiger partial charge is 0.480 e. The van der Waals surface area contributed by atoms with E-state index in [9.17, 15) is 35.9 Å². The molecule has 5 nitrogen and oxygen atoms in total. The molecule has 30 heavy (non-hydrogen) atoms. The lowest BCUT2D eigenvalue weighted by Crippen LogP contribution is -2.10. The van der Waals surface area contributed by atoms with E-state index in [0.29, 0.717) is 17.3 Å². The Morgan fingerprint density at radius 3 is 2.47 bits per heavy atom. The Labute approximate surface area is 167 Å². The molecule has 10 heteroatoms. The highest BCUT2D eigenvalue weighted by Gasteiger charge is 2.36. The van der Waals surface area contributed by atoms with Crippen molar-refractivity contribution < 1.29 is 35.9 Å². The summed E-state index contributed by atoms with van der Waals surface area (Å²) in [6.07, 6.45) is -4.69. The third-order valence-electron chi connectivity index (χ3n) is 5.02. The van der Waals surface area contributed by atoms with E-state index in [4.69, 9.17) is 0 Å². The Kier molecular flexibility index (Phi) is 4.32. The van der Waals surface area contributed by atoms with E-state index >= 15 is 0 Å². The van der Waals surface area contributed by atoms with Crippen molar-refractivity contribution in [1.82, 2.24) is 4.57 Å². The Hall–Kier alpha value is -3.14. The average molecular weight is 439 g/mol. The summed E-state index contributed by atoms with van der Waals surface area (Å²) in [7, 11) is -4.02. The van der Waals surface area contributed by atoms with Crippen molar-refractivity contribution in [3.63, 3.8) is 0 Å². The number of alkyl halides is 3. The number of carbonyl (C=O) groups is 1. The van der Waals surface area contributed by atoms with E-state index in [1.165, 1.54) is 17.6 Å². The minimum absolute atomic E-state index is 0.0339. The molecule has 0 atom stereocenters. The van der Waals surface area contributed by atoms with Crippen molar-refractivity contribution in [2.45, 2.75) is 24.5 Å². The first-order chi connectivity index (χ1) is 13.9. The van der Waals surface area contributed by atoms with E-state index in [1.807, 2.05) is 0 Å².